The van der Waals surface area contributed by atoms with Crippen LogP contribution in [0.3, 0.4) is 0 Å². The third-order valence-corrected chi connectivity index (χ3v) is 2.71. The summed E-state index contributed by atoms with van der Waals surface area (Å²) in [5.74, 6) is 0.121. The molecule has 0 atom stereocenters. The summed E-state index contributed by atoms with van der Waals surface area (Å²) in [4.78, 5) is 3.92. The van der Waals surface area contributed by atoms with Gasteiger partial charge in [0.15, 0.2) is 0 Å². The van der Waals surface area contributed by atoms with Gasteiger partial charge < -0.3 is 30.2 Å². The number of rotatable bonds is 2. The first kappa shape index (κ1) is 30.0. The predicted molar refractivity (Wildman–Crippen MR) is 102 cm³/mol. The fourth-order valence-electron chi connectivity index (χ4n) is 1.49. The standard InChI is InChI=1S/2C8H11NO.2C2H5O.Ti/c2*1-9(2)7-3-5-8(10)6-4-7;2*1-2-3;/h2*3-6,10H,1-2H3;2*2H2,1H3;/q;;2*-1;/p-2. The van der Waals surface area contributed by atoms with Gasteiger partial charge in [0.25, 0.3) is 0 Å². The molecular formula is C20H30N2O4Ti-4. The third-order valence-electron chi connectivity index (χ3n) is 2.71. The first-order valence-electron chi connectivity index (χ1n) is 8.28. The topological polar surface area (TPSA) is 98.7 Å². The van der Waals surface area contributed by atoms with Crippen LogP contribution in [0, 0.1) is 0 Å². The molecule has 0 heterocycles. The van der Waals surface area contributed by atoms with E-state index in [0.29, 0.717) is 0 Å². The predicted octanol–water partition coefficient (Wildman–Crippen LogP) is 0.383. The second kappa shape index (κ2) is 19.0. The van der Waals surface area contributed by atoms with Crippen LogP contribution < -0.4 is 30.2 Å². The van der Waals surface area contributed by atoms with E-state index in [4.69, 9.17) is 10.2 Å². The molecule has 152 valence electrons. The largest absolute Gasteiger partial charge is 0.872 e. The number of anilines is 2. The van der Waals surface area contributed by atoms with Gasteiger partial charge in [-0.15, -0.1) is 24.7 Å². The average Bonchev–Trinajstić information content (AvgIpc) is 2.58. The minimum atomic E-state index is 0. The maximum absolute atomic E-state index is 10.6. The fraction of sp³-hybridized carbons (Fsp3) is 0.400. The van der Waals surface area contributed by atoms with Crippen molar-refractivity contribution in [3.05, 3.63) is 48.5 Å². The van der Waals surface area contributed by atoms with Gasteiger partial charge in [-0.2, -0.15) is 0 Å². The Labute approximate surface area is 178 Å². The maximum atomic E-state index is 10.6. The molecule has 0 saturated carbocycles. The van der Waals surface area contributed by atoms with E-state index in [9.17, 15) is 10.2 Å². The van der Waals surface area contributed by atoms with Crippen LogP contribution in [-0.4, -0.2) is 41.4 Å². The molecule has 0 aromatic heterocycles. The summed E-state index contributed by atoms with van der Waals surface area (Å²) in [6.45, 7) is 3.14. The molecule has 0 saturated heterocycles. The second-order valence-corrected chi connectivity index (χ2v) is 5.35. The van der Waals surface area contributed by atoms with Gasteiger partial charge in [-0.1, -0.05) is 38.1 Å². The quantitative estimate of drug-likeness (QED) is 0.664. The molecule has 7 heteroatoms. The summed E-state index contributed by atoms with van der Waals surface area (Å²) < 4.78 is 0. The molecule has 0 aliphatic carbocycles. The molecule has 2 aromatic rings. The molecule has 27 heavy (non-hydrogen) atoms. The van der Waals surface area contributed by atoms with Crippen molar-refractivity contribution in [2.24, 2.45) is 0 Å². The second-order valence-electron chi connectivity index (χ2n) is 5.35. The fourth-order valence-corrected chi connectivity index (χ4v) is 1.49. The number of nitrogens with zero attached hydrogens (tertiary/aromatic N) is 2. The van der Waals surface area contributed by atoms with Crippen LogP contribution in [0.2, 0.25) is 0 Å². The Bertz CT molecular complexity index is 495. The smallest absolute Gasteiger partial charge is 0.0360 e. The number of benzene rings is 2. The van der Waals surface area contributed by atoms with Crippen LogP contribution in [0.5, 0.6) is 11.5 Å². The molecule has 0 aliphatic heterocycles. The summed E-state index contributed by atoms with van der Waals surface area (Å²) in [5.41, 5.74) is 2.11. The Morgan fingerprint density at radius 3 is 0.926 bits per heavy atom. The average molecular weight is 410 g/mol. The van der Waals surface area contributed by atoms with Crippen molar-refractivity contribution in [2.45, 2.75) is 13.8 Å². The minimum absolute atomic E-state index is 0. The SMILES string of the molecule is CC[O-].CC[O-].CN(C)c1ccc([O-])cc1.CN(C)c1ccc([O-])cc1.[Ti]. The van der Waals surface area contributed by atoms with Gasteiger partial charge in [0, 0.05) is 61.3 Å². The van der Waals surface area contributed by atoms with Crippen molar-refractivity contribution in [2.75, 3.05) is 51.2 Å². The Balaban J connectivity index is -0.000000322. The van der Waals surface area contributed by atoms with Gasteiger partial charge in [0.2, 0.25) is 0 Å². The first-order valence-corrected chi connectivity index (χ1v) is 8.28. The van der Waals surface area contributed by atoms with Crippen molar-refractivity contribution >= 4 is 11.4 Å². The molecule has 0 N–H and O–H groups in total. The Kier molecular flexibility index (Phi) is 21.2. The van der Waals surface area contributed by atoms with Crippen LogP contribution in [-0.2, 0) is 21.7 Å². The monoisotopic (exact) mass is 410 g/mol. The van der Waals surface area contributed by atoms with E-state index in [1.54, 1.807) is 38.1 Å². The summed E-state index contributed by atoms with van der Waals surface area (Å²) in [6.07, 6.45) is 0. The number of hydrogen-bond donors (Lipinski definition) is 0. The van der Waals surface area contributed by atoms with Crippen molar-refractivity contribution in [3.63, 3.8) is 0 Å². The summed E-state index contributed by atoms with van der Waals surface area (Å²) in [6, 6.07) is 13.5. The Morgan fingerprint density at radius 1 is 0.593 bits per heavy atom. The van der Waals surface area contributed by atoms with E-state index in [2.05, 4.69) is 0 Å². The zero-order valence-electron chi connectivity index (χ0n) is 17.1. The van der Waals surface area contributed by atoms with E-state index < -0.39 is 0 Å². The molecule has 0 radical (unpaired) electrons. The van der Waals surface area contributed by atoms with Gasteiger partial charge >= 0.3 is 0 Å². The zero-order valence-corrected chi connectivity index (χ0v) is 18.6. The molecule has 2 rings (SSSR count). The summed E-state index contributed by atoms with van der Waals surface area (Å²) >= 11 is 0. The molecule has 2 aromatic carbocycles. The Morgan fingerprint density at radius 2 is 0.778 bits per heavy atom. The molecule has 0 spiro atoms. The summed E-state index contributed by atoms with van der Waals surface area (Å²) in [7, 11) is 7.78. The molecule has 0 aliphatic rings. The molecule has 0 amide bonds. The van der Waals surface area contributed by atoms with Crippen molar-refractivity contribution in [1.29, 1.82) is 0 Å². The van der Waals surface area contributed by atoms with Crippen LogP contribution in [0.1, 0.15) is 13.8 Å². The Hall–Kier alpha value is -1.73. The van der Waals surface area contributed by atoms with Crippen molar-refractivity contribution < 1.29 is 42.1 Å². The van der Waals surface area contributed by atoms with Crippen LogP contribution in [0.25, 0.3) is 0 Å². The van der Waals surface area contributed by atoms with E-state index in [1.165, 1.54) is 0 Å². The van der Waals surface area contributed by atoms with Gasteiger partial charge in [-0.25, -0.2) is 0 Å². The summed E-state index contributed by atoms with van der Waals surface area (Å²) in [5, 5.41) is 39.1. The molecular weight excluding hydrogens is 380 g/mol. The van der Waals surface area contributed by atoms with E-state index in [1.807, 2.05) is 62.3 Å². The van der Waals surface area contributed by atoms with Crippen molar-refractivity contribution in [1.82, 2.24) is 0 Å². The van der Waals surface area contributed by atoms with E-state index in [0.717, 1.165) is 11.4 Å². The molecule has 0 bridgehead atoms. The molecule has 0 unspecified atom stereocenters. The minimum Gasteiger partial charge on any atom is -0.872 e. The molecule has 6 nitrogen and oxygen atoms in total. The van der Waals surface area contributed by atoms with Gasteiger partial charge in [0.1, 0.15) is 0 Å². The van der Waals surface area contributed by atoms with Crippen LogP contribution in [0.4, 0.5) is 11.4 Å². The van der Waals surface area contributed by atoms with Gasteiger partial charge in [0.05, 0.1) is 0 Å². The zero-order chi connectivity index (χ0) is 20.5. The first-order chi connectivity index (χ1) is 12.2. The van der Waals surface area contributed by atoms with E-state index >= 15 is 0 Å². The maximum Gasteiger partial charge on any atom is 0.0360 e. The third kappa shape index (κ3) is 17.4. The van der Waals surface area contributed by atoms with Gasteiger partial charge in [-0.3, -0.25) is 0 Å². The van der Waals surface area contributed by atoms with Crippen molar-refractivity contribution in [3.8, 4) is 11.5 Å². The normalized spacial score (nSPS) is 8.30. The molecule has 0 fully saturated rings. The van der Waals surface area contributed by atoms with Crippen LogP contribution >= 0.6 is 0 Å². The van der Waals surface area contributed by atoms with Gasteiger partial charge in [-0.05, 0) is 24.3 Å². The number of hydrogen-bond acceptors (Lipinski definition) is 6. The van der Waals surface area contributed by atoms with Crippen LogP contribution in [0.15, 0.2) is 48.5 Å². The van der Waals surface area contributed by atoms with E-state index in [-0.39, 0.29) is 46.4 Å².